The van der Waals surface area contributed by atoms with Gasteiger partial charge in [0, 0.05) is 17.7 Å². The smallest absolute Gasteiger partial charge is 0.497 e. The van der Waals surface area contributed by atoms with Crippen molar-refractivity contribution in [2.75, 3.05) is 66.1 Å². The molecule has 66 heavy (non-hydrogen) atoms. The topological polar surface area (TPSA) is 376 Å². The zero-order valence-electron chi connectivity index (χ0n) is 38.4. The minimum atomic E-state index is -1.75. The molecule has 5 heterocycles. The summed E-state index contributed by atoms with van der Waals surface area (Å²) in [4.78, 5) is 47.1. The molecule has 0 aromatic carbocycles. The van der Waals surface area contributed by atoms with Gasteiger partial charge >= 0.3 is 19.8 Å². The Bertz CT molecular complexity index is 1590. The fourth-order valence-electron chi connectivity index (χ4n) is 6.45. The standard InChI is InChI=1S/C27H42N2O5S.C12H22O6.Ga.3NO3/c1-15-9-8-10-27(7)22(34-27)12-20(16(2)11-19-14-35-18(4)28-19)29-23(31)13-21(30)26(5,6)25(33)17(3)24(15)32;1(13-3-5-15-7-11-9-17-11)2-14-4-6-16-8-12-10-18-12;;3*2-1(3)4/h11,14-15,17,20-22,24,30,32H,8-10,12-13H2,1-7H3,(H,29,31);11-12H,1-10H2;;;;/q;;+3;3*-1/b16-11+;;;;;/t15-,17+,20-,21-,22-,24-,27+;;;;;/m0...../s1. The quantitative estimate of drug-likeness (QED) is 0.0742. The van der Waals surface area contributed by atoms with Crippen LogP contribution in [0.1, 0.15) is 84.3 Å². The van der Waals surface area contributed by atoms with Gasteiger partial charge in [0.1, 0.15) is 18.0 Å². The number of aromatic nitrogens is 1. The van der Waals surface area contributed by atoms with E-state index >= 15 is 0 Å². The predicted molar refractivity (Wildman–Crippen MR) is 239 cm³/mol. The molecule has 374 valence electrons. The molecule has 5 rings (SSSR count). The van der Waals surface area contributed by atoms with Gasteiger partial charge < -0.3 is 94.4 Å². The van der Waals surface area contributed by atoms with Gasteiger partial charge in [0.05, 0.1) is 134 Å². The summed E-state index contributed by atoms with van der Waals surface area (Å²) in [7, 11) is 0. The second kappa shape index (κ2) is 32.2. The molecule has 3 saturated heterocycles. The normalized spacial score (nSPS) is 27.9. The van der Waals surface area contributed by atoms with Gasteiger partial charge in [-0.3, -0.25) is 4.79 Å². The van der Waals surface area contributed by atoms with Crippen LogP contribution in [0.5, 0.6) is 0 Å². The van der Waals surface area contributed by atoms with Gasteiger partial charge in [-0.25, -0.2) is 9.98 Å². The average molecular weight is 1020 g/mol. The number of thiazole rings is 1. The van der Waals surface area contributed by atoms with Crippen LogP contribution in [0, 0.1) is 70.1 Å². The molecule has 1 aromatic rings. The van der Waals surface area contributed by atoms with E-state index in [1.807, 2.05) is 32.2 Å². The van der Waals surface area contributed by atoms with E-state index < -0.39 is 38.8 Å². The Morgan fingerprint density at radius 1 is 0.879 bits per heavy atom. The molecular formula is C39H64GaN5O20S. The summed E-state index contributed by atoms with van der Waals surface area (Å²) in [6.45, 7) is 19.7. The number of aryl methyl sites for hydroxylation is 1. The number of epoxide rings is 3. The Balaban J connectivity index is 0.00000113. The second-order valence-corrected chi connectivity index (χ2v) is 17.4. The van der Waals surface area contributed by atoms with Crippen LogP contribution in [0.4, 0.5) is 0 Å². The molecule has 3 fully saturated rings. The number of aliphatic hydroxyl groups is 3. The number of rotatable bonds is 15. The summed E-state index contributed by atoms with van der Waals surface area (Å²) < 4.78 is 37.4. The number of aliphatic imine (C=N–C) groups is 1. The maximum Gasteiger partial charge on any atom is 3.00 e. The van der Waals surface area contributed by atoms with E-state index in [2.05, 4.69) is 16.9 Å². The van der Waals surface area contributed by atoms with Gasteiger partial charge in [-0.2, -0.15) is 0 Å². The first-order valence-corrected chi connectivity index (χ1v) is 21.7. The Kier molecular flexibility index (Phi) is 30.4. The van der Waals surface area contributed by atoms with Crippen molar-refractivity contribution in [3.8, 4) is 0 Å². The summed E-state index contributed by atoms with van der Waals surface area (Å²) in [6, 6.07) is -0.331. The summed E-state index contributed by atoms with van der Waals surface area (Å²) in [5.41, 5.74) is 0.416. The van der Waals surface area contributed by atoms with E-state index in [1.165, 1.54) is 0 Å². The van der Waals surface area contributed by atoms with Gasteiger partial charge in [0.2, 0.25) is 0 Å². The van der Waals surface area contributed by atoms with Crippen molar-refractivity contribution in [3.63, 3.8) is 0 Å². The van der Waals surface area contributed by atoms with Crippen LogP contribution in [-0.2, 0) is 38.0 Å². The van der Waals surface area contributed by atoms with Crippen molar-refractivity contribution in [2.24, 2.45) is 22.2 Å². The number of Topliss-reactive ketones (excluding diaryl/α,β-unsaturated/α-hetero) is 1. The Hall–Kier alpha value is -3.61. The largest absolute Gasteiger partial charge is 3.00 e. The van der Waals surface area contributed by atoms with Crippen molar-refractivity contribution in [3.05, 3.63) is 67.6 Å². The fraction of sp³-hybridized carbons (Fsp3) is 0.821. The van der Waals surface area contributed by atoms with Crippen molar-refractivity contribution in [1.82, 2.24) is 4.98 Å². The number of fused-ring (bicyclic) bond motifs is 1. The molecule has 3 N–H and O–H groups in total. The molecule has 0 radical (unpaired) electrons. The molecule has 4 aliphatic heterocycles. The maximum atomic E-state index is 13.2. The molecular weight excluding hydrogens is 960 g/mol. The molecule has 0 saturated carbocycles. The van der Waals surface area contributed by atoms with Crippen molar-refractivity contribution in [2.45, 2.75) is 123 Å². The number of hydrogen-bond acceptors (Lipinski definition) is 22. The van der Waals surface area contributed by atoms with Gasteiger partial charge in [-0.15, -0.1) is 11.3 Å². The Labute approximate surface area is 399 Å². The zero-order valence-corrected chi connectivity index (χ0v) is 41.6. The summed E-state index contributed by atoms with van der Waals surface area (Å²) in [5, 5.41) is 79.8. The SMILES string of the molecule is C(COCCOCC1CO1)OCCOCC1CO1.C/C(=C\c1csc(C)n1)[C@@H]1C[C@@H]2O[C@]2(C)CCC[C@H](C)[C@H](O)[C@@H](C)C(=O)C(C)(C)[C@@H](O)CC(O)=N1.O=[N+]([O-])[O-].O=[N+]([O-])[O-].O=[N+]([O-])[O-].[Ga+3]. The fourth-order valence-corrected chi connectivity index (χ4v) is 7.02. The predicted octanol–water partition coefficient (Wildman–Crippen LogP) is 3.64. The molecule has 0 bridgehead atoms. The summed E-state index contributed by atoms with van der Waals surface area (Å²) in [6.07, 6.45) is 3.73. The van der Waals surface area contributed by atoms with E-state index in [-0.39, 0.29) is 61.6 Å². The van der Waals surface area contributed by atoms with Crippen LogP contribution in [-0.4, -0.2) is 175 Å². The summed E-state index contributed by atoms with van der Waals surface area (Å²) >= 11 is 1.58. The van der Waals surface area contributed by atoms with Crippen LogP contribution < -0.4 is 0 Å². The number of ether oxygens (including phenoxy) is 7. The van der Waals surface area contributed by atoms with E-state index in [0.717, 1.165) is 48.8 Å². The van der Waals surface area contributed by atoms with Crippen molar-refractivity contribution < 1.29 is 68.5 Å². The van der Waals surface area contributed by atoms with Crippen molar-refractivity contribution in [1.29, 1.82) is 0 Å². The minimum Gasteiger partial charge on any atom is -0.497 e. The van der Waals surface area contributed by atoms with Crippen LogP contribution in [0.3, 0.4) is 0 Å². The third-order valence-electron chi connectivity index (χ3n) is 10.5. The molecule has 25 nitrogen and oxygen atoms in total. The van der Waals surface area contributed by atoms with E-state index in [9.17, 15) is 20.1 Å². The number of aliphatic hydroxyl groups excluding tert-OH is 3. The molecule has 0 spiro atoms. The monoisotopic (exact) mass is 1020 g/mol. The average Bonchev–Trinajstić information content (AvgIpc) is 4.15. The third kappa shape index (κ3) is 28.5. The molecule has 1 aromatic heterocycles. The number of ketones is 1. The maximum absolute atomic E-state index is 13.2. The molecule has 4 aliphatic rings. The molecule has 9 atom stereocenters. The minimum absolute atomic E-state index is 0. The van der Waals surface area contributed by atoms with E-state index in [0.29, 0.717) is 71.5 Å². The number of hydrogen-bond donors (Lipinski definition) is 3. The first-order chi connectivity index (χ1) is 30.4. The second-order valence-electron chi connectivity index (χ2n) is 16.3. The molecule has 27 heteroatoms. The first kappa shape index (κ1) is 62.4. The van der Waals surface area contributed by atoms with Crippen LogP contribution in [0.2, 0.25) is 0 Å². The number of nitrogens with zero attached hydrogens (tertiary/aromatic N) is 5. The first-order valence-electron chi connectivity index (χ1n) is 20.8. The zero-order chi connectivity index (χ0) is 49.3. The van der Waals surface area contributed by atoms with Crippen LogP contribution in [0.15, 0.2) is 15.9 Å². The Morgan fingerprint density at radius 2 is 1.33 bits per heavy atom. The van der Waals surface area contributed by atoms with Gasteiger partial charge in [-0.1, -0.05) is 34.1 Å². The molecule has 0 amide bonds. The van der Waals surface area contributed by atoms with Gasteiger partial charge in [0.15, 0.2) is 5.90 Å². The van der Waals surface area contributed by atoms with Crippen molar-refractivity contribution >= 4 is 48.9 Å². The van der Waals surface area contributed by atoms with Crippen LogP contribution in [0.25, 0.3) is 6.08 Å². The molecule has 2 unspecified atom stereocenters. The van der Waals surface area contributed by atoms with Gasteiger partial charge in [0.25, 0.3) is 0 Å². The Morgan fingerprint density at radius 3 is 1.76 bits per heavy atom. The number of carbonyl (C=O) groups excluding carboxylic acids is 1. The van der Waals surface area contributed by atoms with Crippen LogP contribution >= 0.6 is 11.3 Å². The number of carbonyl (C=O) groups is 1. The third-order valence-corrected chi connectivity index (χ3v) is 11.3. The van der Waals surface area contributed by atoms with Gasteiger partial charge in [-0.05, 0) is 51.2 Å². The summed E-state index contributed by atoms with van der Waals surface area (Å²) in [5.74, 6) is -1.08. The van der Waals surface area contributed by atoms with E-state index in [1.54, 1.807) is 32.1 Å². The van der Waals surface area contributed by atoms with E-state index in [4.69, 9.17) is 79.1 Å². The molecule has 0 aliphatic carbocycles.